The molecule has 2 rings (SSSR count). The number of unbranched alkanes of at least 4 members (excludes halogenated alkanes) is 1. The standard InChI is InChI=1S/C17H21NO3S.ClH/c1-18-13-7-8-14-21-16-11-5-6-12-17(16)22(19,20)15-9-3-2-4-10-15;/h2-6,9-12,18H,7-8,13-14H2,1H3;1H. The van der Waals surface area contributed by atoms with E-state index in [0.717, 1.165) is 19.4 Å². The molecule has 0 saturated heterocycles. The summed E-state index contributed by atoms with van der Waals surface area (Å²) in [5.41, 5.74) is 0. The summed E-state index contributed by atoms with van der Waals surface area (Å²) in [6, 6.07) is 15.2. The molecule has 0 spiro atoms. The molecule has 0 aliphatic carbocycles. The molecule has 23 heavy (non-hydrogen) atoms. The summed E-state index contributed by atoms with van der Waals surface area (Å²) in [5.74, 6) is 0.413. The maximum absolute atomic E-state index is 12.7. The monoisotopic (exact) mass is 355 g/mol. The zero-order valence-corrected chi connectivity index (χ0v) is 14.7. The minimum atomic E-state index is -3.55. The Kier molecular flexibility index (Phi) is 8.09. The highest BCUT2D eigenvalue weighted by atomic mass is 35.5. The van der Waals surface area contributed by atoms with Crippen molar-refractivity contribution in [2.45, 2.75) is 22.6 Å². The molecule has 0 bridgehead atoms. The highest BCUT2D eigenvalue weighted by Gasteiger charge is 2.21. The summed E-state index contributed by atoms with van der Waals surface area (Å²) in [6.07, 6.45) is 1.87. The van der Waals surface area contributed by atoms with Gasteiger partial charge < -0.3 is 10.1 Å². The number of ether oxygens (including phenoxy) is 1. The molecule has 126 valence electrons. The van der Waals surface area contributed by atoms with Crippen LogP contribution in [0.4, 0.5) is 0 Å². The number of hydrogen-bond acceptors (Lipinski definition) is 4. The van der Waals surface area contributed by atoms with Gasteiger partial charge in [0.2, 0.25) is 9.84 Å². The first kappa shape index (κ1) is 19.5. The lowest BCUT2D eigenvalue weighted by Gasteiger charge is -2.12. The van der Waals surface area contributed by atoms with Crippen molar-refractivity contribution in [1.29, 1.82) is 0 Å². The van der Waals surface area contributed by atoms with Crippen molar-refractivity contribution in [3.8, 4) is 5.75 Å². The number of rotatable bonds is 8. The van der Waals surface area contributed by atoms with Gasteiger partial charge in [-0.2, -0.15) is 0 Å². The fourth-order valence-electron chi connectivity index (χ4n) is 2.10. The second kappa shape index (κ2) is 9.55. The van der Waals surface area contributed by atoms with Crippen LogP contribution in [0.2, 0.25) is 0 Å². The molecule has 0 aromatic heterocycles. The molecule has 2 aromatic rings. The second-order valence-corrected chi connectivity index (χ2v) is 6.84. The minimum absolute atomic E-state index is 0. The van der Waals surface area contributed by atoms with Gasteiger partial charge in [0.25, 0.3) is 0 Å². The van der Waals surface area contributed by atoms with E-state index in [2.05, 4.69) is 5.32 Å². The molecule has 1 N–H and O–H groups in total. The van der Waals surface area contributed by atoms with Crippen molar-refractivity contribution >= 4 is 22.2 Å². The Hall–Kier alpha value is -1.56. The van der Waals surface area contributed by atoms with Gasteiger partial charge in [-0.25, -0.2) is 8.42 Å². The molecule has 0 fully saturated rings. The first-order valence-electron chi connectivity index (χ1n) is 7.33. The van der Waals surface area contributed by atoms with Crippen LogP contribution in [0, 0.1) is 0 Å². The lowest BCUT2D eigenvalue weighted by molar-refractivity contribution is 0.299. The molecule has 6 heteroatoms. The van der Waals surface area contributed by atoms with E-state index in [4.69, 9.17) is 4.74 Å². The molecule has 0 radical (unpaired) electrons. The third-order valence-corrected chi connectivity index (χ3v) is 5.08. The van der Waals surface area contributed by atoms with Crippen molar-refractivity contribution in [2.75, 3.05) is 20.2 Å². The molecule has 0 aliphatic heterocycles. The van der Waals surface area contributed by atoms with Crippen molar-refractivity contribution in [2.24, 2.45) is 0 Å². The van der Waals surface area contributed by atoms with E-state index in [-0.39, 0.29) is 22.2 Å². The summed E-state index contributed by atoms with van der Waals surface area (Å²) >= 11 is 0. The highest BCUT2D eigenvalue weighted by Crippen LogP contribution is 2.29. The van der Waals surface area contributed by atoms with E-state index in [9.17, 15) is 8.42 Å². The minimum Gasteiger partial charge on any atom is -0.492 e. The SMILES string of the molecule is CNCCCCOc1ccccc1S(=O)(=O)c1ccccc1.Cl. The molecular formula is C17H22ClNO3S. The Balaban J connectivity index is 0.00000264. The smallest absolute Gasteiger partial charge is 0.210 e. The van der Waals surface area contributed by atoms with Crippen molar-refractivity contribution < 1.29 is 13.2 Å². The van der Waals surface area contributed by atoms with Crippen LogP contribution in [-0.4, -0.2) is 28.6 Å². The number of halogens is 1. The topological polar surface area (TPSA) is 55.4 Å². The molecule has 0 aliphatic rings. The van der Waals surface area contributed by atoms with Crippen LogP contribution in [0.3, 0.4) is 0 Å². The number of para-hydroxylation sites is 1. The third kappa shape index (κ3) is 5.23. The molecule has 2 aromatic carbocycles. The summed E-state index contributed by atoms with van der Waals surface area (Å²) in [6.45, 7) is 1.43. The molecule has 4 nitrogen and oxygen atoms in total. The fraction of sp³-hybridized carbons (Fsp3) is 0.294. The average Bonchev–Trinajstić information content (AvgIpc) is 2.56. The number of benzene rings is 2. The number of hydrogen-bond donors (Lipinski definition) is 1. The Morgan fingerprint density at radius 2 is 1.61 bits per heavy atom. The average molecular weight is 356 g/mol. The van der Waals surface area contributed by atoms with Crippen LogP contribution < -0.4 is 10.1 Å². The van der Waals surface area contributed by atoms with E-state index in [0.29, 0.717) is 12.4 Å². The molecule has 0 amide bonds. The van der Waals surface area contributed by atoms with Gasteiger partial charge in [-0.15, -0.1) is 12.4 Å². The van der Waals surface area contributed by atoms with Gasteiger partial charge >= 0.3 is 0 Å². The largest absolute Gasteiger partial charge is 0.492 e. The molecule has 0 unspecified atom stereocenters. The van der Waals surface area contributed by atoms with E-state index in [1.54, 1.807) is 54.6 Å². The first-order valence-corrected chi connectivity index (χ1v) is 8.81. The molecule has 0 atom stereocenters. The summed E-state index contributed by atoms with van der Waals surface area (Å²) < 4.78 is 31.1. The zero-order chi connectivity index (χ0) is 15.8. The van der Waals surface area contributed by atoms with Gasteiger partial charge in [0.15, 0.2) is 0 Å². The maximum atomic E-state index is 12.7. The van der Waals surface area contributed by atoms with E-state index in [1.807, 2.05) is 7.05 Å². The maximum Gasteiger partial charge on any atom is 0.210 e. The highest BCUT2D eigenvalue weighted by molar-refractivity contribution is 7.91. The van der Waals surface area contributed by atoms with Crippen LogP contribution in [-0.2, 0) is 9.84 Å². The van der Waals surface area contributed by atoms with Crippen LogP contribution in [0.5, 0.6) is 5.75 Å². The second-order valence-electron chi connectivity index (χ2n) is 4.92. The normalized spacial score (nSPS) is 10.8. The Labute approximate surface area is 144 Å². The predicted molar refractivity (Wildman–Crippen MR) is 94.2 cm³/mol. The molecule has 0 saturated carbocycles. The summed E-state index contributed by atoms with van der Waals surface area (Å²) in [5, 5.41) is 3.07. The van der Waals surface area contributed by atoms with Crippen LogP contribution in [0.1, 0.15) is 12.8 Å². The number of sulfone groups is 1. The molecular weight excluding hydrogens is 334 g/mol. The van der Waals surface area contributed by atoms with Crippen LogP contribution >= 0.6 is 12.4 Å². The Bertz CT molecular complexity index is 690. The lowest BCUT2D eigenvalue weighted by Crippen LogP contribution is -2.10. The quantitative estimate of drug-likeness (QED) is 0.738. The van der Waals surface area contributed by atoms with Gasteiger partial charge in [-0.3, -0.25) is 0 Å². The van der Waals surface area contributed by atoms with Crippen molar-refractivity contribution in [1.82, 2.24) is 5.32 Å². The van der Waals surface area contributed by atoms with Crippen molar-refractivity contribution in [3.05, 3.63) is 54.6 Å². The van der Waals surface area contributed by atoms with Gasteiger partial charge in [-0.05, 0) is 50.7 Å². The van der Waals surface area contributed by atoms with Gasteiger partial charge in [0.1, 0.15) is 10.6 Å². The van der Waals surface area contributed by atoms with Gasteiger partial charge in [0.05, 0.1) is 11.5 Å². The third-order valence-electron chi connectivity index (χ3n) is 3.27. The molecule has 0 heterocycles. The van der Waals surface area contributed by atoms with E-state index >= 15 is 0 Å². The van der Waals surface area contributed by atoms with Crippen LogP contribution in [0.15, 0.2) is 64.4 Å². The Morgan fingerprint density at radius 3 is 2.30 bits per heavy atom. The predicted octanol–water partition coefficient (Wildman–Crippen LogP) is 3.32. The summed E-state index contributed by atoms with van der Waals surface area (Å²) in [7, 11) is -1.65. The fourth-order valence-corrected chi connectivity index (χ4v) is 3.52. The number of nitrogens with one attached hydrogen (secondary N) is 1. The van der Waals surface area contributed by atoms with Gasteiger partial charge in [-0.1, -0.05) is 30.3 Å². The lowest BCUT2D eigenvalue weighted by atomic mass is 10.3. The van der Waals surface area contributed by atoms with Crippen molar-refractivity contribution in [3.63, 3.8) is 0 Å². The Morgan fingerprint density at radius 1 is 0.957 bits per heavy atom. The van der Waals surface area contributed by atoms with E-state index in [1.165, 1.54) is 0 Å². The van der Waals surface area contributed by atoms with E-state index < -0.39 is 9.84 Å². The van der Waals surface area contributed by atoms with Crippen LogP contribution in [0.25, 0.3) is 0 Å². The summed E-state index contributed by atoms with van der Waals surface area (Å²) in [4.78, 5) is 0.496. The van der Waals surface area contributed by atoms with Gasteiger partial charge in [0, 0.05) is 0 Å². The first-order chi connectivity index (χ1) is 10.7. The zero-order valence-electron chi connectivity index (χ0n) is 13.1.